The molecule has 5 nitrogen and oxygen atoms in total. The summed E-state index contributed by atoms with van der Waals surface area (Å²) in [5.41, 5.74) is 6.88. The molecule has 0 heterocycles. The van der Waals surface area contributed by atoms with Crippen molar-refractivity contribution in [2.24, 2.45) is 10.7 Å². The minimum atomic E-state index is -0.0725. The van der Waals surface area contributed by atoms with Crippen molar-refractivity contribution >= 4 is 5.96 Å². The van der Waals surface area contributed by atoms with Gasteiger partial charge in [0, 0.05) is 12.1 Å². The van der Waals surface area contributed by atoms with Gasteiger partial charge in [-0.2, -0.15) is 0 Å². The molecule has 0 unspecified atom stereocenters. The first-order valence-electron chi connectivity index (χ1n) is 6.64. The van der Waals surface area contributed by atoms with Crippen molar-refractivity contribution in [1.29, 1.82) is 0 Å². The zero-order valence-electron chi connectivity index (χ0n) is 13.0. The van der Waals surface area contributed by atoms with Gasteiger partial charge < -0.3 is 20.5 Å². The number of rotatable bonds is 5. The fraction of sp³-hybridized carbons (Fsp3) is 0.533. The SMILES string of the molecule is COc1ccc(CCN=C(N)NC(C)(C)C)cc1OC. The molecule has 0 atom stereocenters. The Bertz CT molecular complexity index is 465. The fourth-order valence-corrected chi connectivity index (χ4v) is 1.77. The van der Waals surface area contributed by atoms with E-state index in [0.29, 0.717) is 12.5 Å². The Morgan fingerprint density at radius 2 is 1.85 bits per heavy atom. The lowest BCUT2D eigenvalue weighted by molar-refractivity contribution is 0.354. The van der Waals surface area contributed by atoms with Crippen LogP contribution < -0.4 is 20.5 Å². The van der Waals surface area contributed by atoms with Gasteiger partial charge in [0.25, 0.3) is 0 Å². The number of methoxy groups -OCH3 is 2. The van der Waals surface area contributed by atoms with Gasteiger partial charge in [-0.05, 0) is 44.9 Å². The van der Waals surface area contributed by atoms with E-state index in [1.165, 1.54) is 0 Å². The molecule has 0 saturated carbocycles. The van der Waals surface area contributed by atoms with Crippen molar-refractivity contribution in [1.82, 2.24) is 5.32 Å². The van der Waals surface area contributed by atoms with Crippen LogP contribution in [0, 0.1) is 0 Å². The summed E-state index contributed by atoms with van der Waals surface area (Å²) < 4.78 is 10.5. The maximum absolute atomic E-state index is 5.82. The van der Waals surface area contributed by atoms with Gasteiger partial charge >= 0.3 is 0 Å². The molecule has 0 radical (unpaired) electrons. The number of hydrogen-bond acceptors (Lipinski definition) is 3. The van der Waals surface area contributed by atoms with Gasteiger partial charge in [0.1, 0.15) is 0 Å². The maximum Gasteiger partial charge on any atom is 0.188 e. The third-order valence-electron chi connectivity index (χ3n) is 2.63. The average molecular weight is 279 g/mol. The Morgan fingerprint density at radius 3 is 2.40 bits per heavy atom. The second-order valence-electron chi connectivity index (χ2n) is 5.58. The fourth-order valence-electron chi connectivity index (χ4n) is 1.77. The van der Waals surface area contributed by atoms with E-state index in [9.17, 15) is 0 Å². The molecular formula is C15H25N3O2. The van der Waals surface area contributed by atoms with Crippen molar-refractivity contribution in [3.8, 4) is 11.5 Å². The van der Waals surface area contributed by atoms with Crippen LogP contribution >= 0.6 is 0 Å². The molecule has 0 bridgehead atoms. The van der Waals surface area contributed by atoms with Crippen LogP contribution in [0.2, 0.25) is 0 Å². The van der Waals surface area contributed by atoms with Crippen LogP contribution in [0.1, 0.15) is 26.3 Å². The van der Waals surface area contributed by atoms with E-state index in [-0.39, 0.29) is 5.54 Å². The minimum absolute atomic E-state index is 0.0725. The third kappa shape index (κ3) is 5.38. The smallest absolute Gasteiger partial charge is 0.188 e. The van der Waals surface area contributed by atoms with Crippen LogP contribution in [0.3, 0.4) is 0 Å². The predicted octanol–water partition coefficient (Wildman–Crippen LogP) is 1.95. The highest BCUT2D eigenvalue weighted by molar-refractivity contribution is 5.78. The molecule has 112 valence electrons. The van der Waals surface area contributed by atoms with E-state index in [0.717, 1.165) is 23.5 Å². The molecular weight excluding hydrogens is 254 g/mol. The molecule has 1 rings (SSSR count). The molecule has 20 heavy (non-hydrogen) atoms. The summed E-state index contributed by atoms with van der Waals surface area (Å²) in [4.78, 5) is 4.31. The van der Waals surface area contributed by atoms with E-state index < -0.39 is 0 Å². The number of benzene rings is 1. The lowest BCUT2D eigenvalue weighted by atomic mass is 10.1. The largest absolute Gasteiger partial charge is 0.493 e. The molecule has 0 amide bonds. The standard InChI is InChI=1S/C15H25N3O2/c1-15(2,3)18-14(16)17-9-8-11-6-7-12(19-4)13(10-11)20-5/h6-7,10H,8-9H2,1-5H3,(H3,16,17,18). The van der Waals surface area contributed by atoms with Crippen LogP contribution in [-0.2, 0) is 6.42 Å². The van der Waals surface area contributed by atoms with Gasteiger partial charge in [0.15, 0.2) is 17.5 Å². The van der Waals surface area contributed by atoms with Crippen LogP contribution in [-0.4, -0.2) is 32.3 Å². The summed E-state index contributed by atoms with van der Waals surface area (Å²) in [5, 5.41) is 3.13. The van der Waals surface area contributed by atoms with Crippen LogP contribution in [0.15, 0.2) is 23.2 Å². The molecule has 0 aliphatic heterocycles. The highest BCUT2D eigenvalue weighted by Crippen LogP contribution is 2.27. The number of ether oxygens (including phenoxy) is 2. The second-order valence-corrected chi connectivity index (χ2v) is 5.58. The topological polar surface area (TPSA) is 68.9 Å². The Morgan fingerprint density at radius 1 is 1.20 bits per heavy atom. The lowest BCUT2D eigenvalue weighted by Gasteiger charge is -2.20. The van der Waals surface area contributed by atoms with Crippen molar-refractivity contribution in [3.63, 3.8) is 0 Å². The van der Waals surface area contributed by atoms with E-state index in [1.807, 2.05) is 39.0 Å². The minimum Gasteiger partial charge on any atom is -0.493 e. The molecule has 0 aliphatic carbocycles. The first kappa shape index (κ1) is 16.1. The van der Waals surface area contributed by atoms with E-state index in [1.54, 1.807) is 14.2 Å². The number of aliphatic imine (C=N–C) groups is 1. The van der Waals surface area contributed by atoms with Gasteiger partial charge in [-0.3, -0.25) is 4.99 Å². The number of guanidine groups is 1. The summed E-state index contributed by atoms with van der Waals surface area (Å²) in [6.07, 6.45) is 0.798. The lowest BCUT2D eigenvalue weighted by Crippen LogP contribution is -2.45. The summed E-state index contributed by atoms with van der Waals surface area (Å²) in [6.45, 7) is 6.77. The molecule has 0 aromatic heterocycles. The van der Waals surface area contributed by atoms with Gasteiger partial charge in [0.2, 0.25) is 0 Å². The third-order valence-corrected chi connectivity index (χ3v) is 2.63. The van der Waals surface area contributed by atoms with E-state index in [2.05, 4.69) is 10.3 Å². The molecule has 1 aromatic rings. The highest BCUT2D eigenvalue weighted by atomic mass is 16.5. The Balaban J connectivity index is 2.60. The van der Waals surface area contributed by atoms with Gasteiger partial charge in [-0.15, -0.1) is 0 Å². The second kappa shape index (κ2) is 7.03. The predicted molar refractivity (Wildman–Crippen MR) is 82.6 cm³/mol. The van der Waals surface area contributed by atoms with Crippen LogP contribution in [0.5, 0.6) is 11.5 Å². The maximum atomic E-state index is 5.82. The monoisotopic (exact) mass is 279 g/mol. The molecule has 5 heteroatoms. The molecule has 0 spiro atoms. The first-order valence-corrected chi connectivity index (χ1v) is 6.64. The number of nitrogens with one attached hydrogen (secondary N) is 1. The highest BCUT2D eigenvalue weighted by Gasteiger charge is 2.09. The molecule has 0 aliphatic rings. The van der Waals surface area contributed by atoms with Gasteiger partial charge in [-0.1, -0.05) is 6.07 Å². The Kier molecular flexibility index (Phi) is 5.67. The summed E-state index contributed by atoms with van der Waals surface area (Å²) in [7, 11) is 3.26. The van der Waals surface area contributed by atoms with Crippen molar-refractivity contribution < 1.29 is 9.47 Å². The van der Waals surface area contributed by atoms with Crippen molar-refractivity contribution in [2.75, 3.05) is 20.8 Å². The van der Waals surface area contributed by atoms with Crippen molar-refractivity contribution in [2.45, 2.75) is 32.7 Å². The molecule has 3 N–H and O–H groups in total. The van der Waals surface area contributed by atoms with Crippen molar-refractivity contribution in [3.05, 3.63) is 23.8 Å². The van der Waals surface area contributed by atoms with Gasteiger partial charge in [0.05, 0.1) is 14.2 Å². The quantitative estimate of drug-likeness (QED) is 0.638. The summed E-state index contributed by atoms with van der Waals surface area (Å²) in [6, 6.07) is 5.86. The number of hydrogen-bond donors (Lipinski definition) is 2. The summed E-state index contributed by atoms with van der Waals surface area (Å²) in [5.74, 6) is 1.93. The zero-order valence-corrected chi connectivity index (χ0v) is 13.0. The molecule has 1 aromatic carbocycles. The van der Waals surface area contributed by atoms with Crippen LogP contribution in [0.25, 0.3) is 0 Å². The number of nitrogens with zero attached hydrogens (tertiary/aromatic N) is 1. The molecule has 0 saturated heterocycles. The Hall–Kier alpha value is -1.91. The number of nitrogens with two attached hydrogens (primary N) is 1. The Labute approximate surface area is 121 Å². The van der Waals surface area contributed by atoms with Crippen LogP contribution in [0.4, 0.5) is 0 Å². The normalized spacial score (nSPS) is 12.2. The first-order chi connectivity index (χ1) is 9.35. The zero-order chi connectivity index (χ0) is 15.2. The molecule has 0 fully saturated rings. The van der Waals surface area contributed by atoms with E-state index >= 15 is 0 Å². The van der Waals surface area contributed by atoms with E-state index in [4.69, 9.17) is 15.2 Å². The summed E-state index contributed by atoms with van der Waals surface area (Å²) >= 11 is 0. The average Bonchev–Trinajstić information content (AvgIpc) is 2.36. The van der Waals surface area contributed by atoms with Gasteiger partial charge in [-0.25, -0.2) is 0 Å².